The van der Waals surface area contributed by atoms with Gasteiger partial charge in [0.15, 0.2) is 11.5 Å². The van der Waals surface area contributed by atoms with Crippen LogP contribution in [-0.4, -0.2) is 207 Å². The van der Waals surface area contributed by atoms with Crippen molar-refractivity contribution < 1.29 is 47.5 Å². The van der Waals surface area contributed by atoms with E-state index in [1.807, 2.05) is 54.6 Å². The van der Waals surface area contributed by atoms with Gasteiger partial charge in [0.25, 0.3) is 5.91 Å². The van der Waals surface area contributed by atoms with Gasteiger partial charge >= 0.3 is 5.97 Å². The zero-order chi connectivity index (χ0) is 66.3. The summed E-state index contributed by atoms with van der Waals surface area (Å²) >= 11 is 0. The Bertz CT molecular complexity index is 3810. The van der Waals surface area contributed by atoms with Gasteiger partial charge in [-0.3, -0.25) is 52.6 Å². The summed E-state index contributed by atoms with van der Waals surface area (Å²) in [4.78, 5) is 125. The fourth-order valence-corrected chi connectivity index (χ4v) is 14.9. The number of anilines is 3. The van der Waals surface area contributed by atoms with Gasteiger partial charge in [0.05, 0.1) is 49.3 Å². The first-order chi connectivity index (χ1) is 46.0. The first-order valence-corrected chi connectivity index (χ1v) is 33.9. The molecule has 6 aromatic rings. The Morgan fingerprint density at radius 1 is 0.621 bits per heavy atom. The fourth-order valence-electron chi connectivity index (χ4n) is 14.9. The quantitative estimate of drug-likeness (QED) is 0.0742. The number of nitrogens with two attached hydrogens (primary N) is 1. The molecule has 0 bridgehead atoms. The van der Waals surface area contributed by atoms with Gasteiger partial charge < -0.3 is 50.9 Å². The number of fused-ring (bicyclic) bond motifs is 2. The van der Waals surface area contributed by atoms with E-state index < -0.39 is 29.5 Å². The van der Waals surface area contributed by atoms with Crippen molar-refractivity contribution in [3.63, 3.8) is 0 Å². The highest BCUT2D eigenvalue weighted by atomic mass is 19.1. The number of halogens is 1. The summed E-state index contributed by atoms with van der Waals surface area (Å²) in [6, 6.07) is 16.9. The van der Waals surface area contributed by atoms with E-state index in [0.717, 1.165) is 81.7 Å². The molecule has 3 aromatic heterocycles. The number of aryl methyl sites for hydroxylation is 1. The first kappa shape index (κ1) is 66.0. The van der Waals surface area contributed by atoms with Crippen LogP contribution in [0.5, 0.6) is 0 Å². The number of carbonyl (C=O) groups is 8. The normalized spacial score (nSPS) is 18.5. The molecule has 5 N–H and O–H groups in total. The number of rotatable bonds is 19. The lowest BCUT2D eigenvalue weighted by molar-refractivity contribution is -0.146. The summed E-state index contributed by atoms with van der Waals surface area (Å²) in [7, 11) is 1.21. The van der Waals surface area contributed by atoms with E-state index in [1.165, 1.54) is 29.8 Å². The number of aromatic nitrogens is 6. The van der Waals surface area contributed by atoms with Crippen molar-refractivity contribution >= 4 is 86.4 Å². The zero-order valence-corrected chi connectivity index (χ0v) is 54.4. The van der Waals surface area contributed by atoms with Crippen LogP contribution in [0.1, 0.15) is 111 Å². The van der Waals surface area contributed by atoms with Gasteiger partial charge in [0.2, 0.25) is 35.4 Å². The van der Waals surface area contributed by atoms with Gasteiger partial charge in [-0.15, -0.1) is 0 Å². The molecule has 0 spiro atoms. The minimum atomic E-state index is -0.640. The summed E-state index contributed by atoms with van der Waals surface area (Å²) in [6.07, 6.45) is 13.9. The summed E-state index contributed by atoms with van der Waals surface area (Å²) in [6.45, 7) is 9.85. The second kappa shape index (κ2) is 29.7. The van der Waals surface area contributed by atoms with Crippen molar-refractivity contribution in [3.8, 4) is 11.1 Å². The minimum absolute atomic E-state index is 0.0750. The minimum Gasteiger partial charge on any atom is -0.468 e. The molecule has 0 radical (unpaired) electrons. The maximum atomic E-state index is 16.0. The van der Waals surface area contributed by atoms with E-state index in [2.05, 4.69) is 57.8 Å². The van der Waals surface area contributed by atoms with Gasteiger partial charge in [-0.1, -0.05) is 24.3 Å². The molecule has 0 atom stereocenters. The van der Waals surface area contributed by atoms with E-state index >= 15 is 4.39 Å². The number of carbonyl (C=O) groups excluding carboxylic acids is 8. The lowest BCUT2D eigenvalue weighted by Crippen LogP contribution is -2.51. The van der Waals surface area contributed by atoms with Crippen LogP contribution in [0.2, 0.25) is 0 Å². The molecule has 6 aliphatic rings. The number of likely N-dealkylation sites (tertiary alicyclic amines) is 5. The van der Waals surface area contributed by atoms with Crippen molar-refractivity contribution in [3.05, 3.63) is 89.8 Å². The summed E-state index contributed by atoms with van der Waals surface area (Å²) in [5.41, 5.74) is 10.8. The van der Waals surface area contributed by atoms with Crippen LogP contribution in [0.15, 0.2) is 67.0 Å². The molecule has 504 valence electrons. The van der Waals surface area contributed by atoms with Gasteiger partial charge in [-0.05, 0) is 157 Å². The lowest BCUT2D eigenvalue weighted by Gasteiger charge is -2.40. The van der Waals surface area contributed by atoms with Gasteiger partial charge in [-0.25, -0.2) is 14.4 Å². The standard InChI is InChI=1S/C69H87FN16O9/c1-44-63-53(7-6-8-56(63)86(78-44)42-60(88)72-39-59(87)73-40-62(90)95-2)54-36-57-51(35-55(54)70)37-75-85(57)41-45-13-25-79(26-14-45)43-61(89)81-27-17-48(18-28-81)67(92)83-31-21-50(22-32-83)69(94)84-33-19-49(20-34-84)68(93)82-29-15-47(16-30-82)46-9-11-52(12-10-46)76-66-64(65(71)91)74-38-58(77-66)80-23-4-3-5-24-80/h6-12,35-38,45,47-50H,3-5,13-34,39-43H2,1-2H3,(H2,71,91)(H,72,88)(H,73,87)(H,76,77). The van der Waals surface area contributed by atoms with Gasteiger partial charge in [0, 0.05) is 112 Å². The highest BCUT2D eigenvalue weighted by Gasteiger charge is 2.38. The average Bonchev–Trinajstić information content (AvgIpc) is 1.65. The molecule has 6 aliphatic heterocycles. The van der Waals surface area contributed by atoms with Crippen LogP contribution in [0.3, 0.4) is 0 Å². The van der Waals surface area contributed by atoms with Crippen LogP contribution in [-0.2, 0) is 51.4 Å². The number of hydrogen-bond acceptors (Lipinski definition) is 16. The molecule has 9 heterocycles. The molecule has 6 saturated heterocycles. The van der Waals surface area contributed by atoms with Crippen molar-refractivity contribution in [2.24, 2.45) is 29.4 Å². The lowest BCUT2D eigenvalue weighted by atomic mass is 9.87. The molecule has 25 nitrogen and oxygen atoms in total. The molecule has 0 aliphatic carbocycles. The number of primary amides is 1. The van der Waals surface area contributed by atoms with E-state index in [1.54, 1.807) is 25.4 Å². The van der Waals surface area contributed by atoms with E-state index in [9.17, 15) is 38.4 Å². The van der Waals surface area contributed by atoms with Crippen molar-refractivity contribution in [1.29, 1.82) is 0 Å². The van der Waals surface area contributed by atoms with Gasteiger partial charge in [-0.2, -0.15) is 10.2 Å². The molecule has 0 saturated carbocycles. The van der Waals surface area contributed by atoms with Crippen LogP contribution in [0.4, 0.5) is 21.7 Å². The first-order valence-electron chi connectivity index (χ1n) is 33.9. The number of methoxy groups -OCH3 is 1. The predicted octanol–water partition coefficient (Wildman–Crippen LogP) is 5.36. The third-order valence-corrected chi connectivity index (χ3v) is 20.5. The van der Waals surface area contributed by atoms with E-state index in [0.29, 0.717) is 149 Å². The highest BCUT2D eigenvalue weighted by Crippen LogP contribution is 2.37. The Hall–Kier alpha value is -9.07. The number of piperidine rings is 6. The van der Waals surface area contributed by atoms with Crippen molar-refractivity contribution in [2.75, 3.05) is 115 Å². The maximum Gasteiger partial charge on any atom is 0.325 e. The summed E-state index contributed by atoms with van der Waals surface area (Å²) in [5.74, 6) is -0.915. The van der Waals surface area contributed by atoms with E-state index in [4.69, 9.17) is 10.7 Å². The maximum absolute atomic E-state index is 16.0. The molecular formula is C69H87FN16O9. The SMILES string of the molecule is COC(=O)CNC(=O)CNC(=O)Cn1nc(C)c2c(-c3cc4c(cnn4CC4CCN(CC(=O)N5CCC(C(=O)N6CCC(C(=O)N7CCC(C(=O)N8CCC(c9ccc(Nc%10nc(N%11CCCCC%11)cnc%10C(N)=O)cc9)CC8)CC7)CC6)CC5)CC4)cc3F)cccc21. The summed E-state index contributed by atoms with van der Waals surface area (Å²) in [5, 5.41) is 18.8. The van der Waals surface area contributed by atoms with Crippen LogP contribution >= 0.6 is 0 Å². The average molecular weight is 1300 g/mol. The molecule has 3 aromatic carbocycles. The van der Waals surface area contributed by atoms with Crippen molar-refractivity contribution in [2.45, 2.75) is 109 Å². The predicted molar refractivity (Wildman–Crippen MR) is 353 cm³/mol. The Labute approximate surface area is 551 Å². The highest BCUT2D eigenvalue weighted by molar-refractivity contribution is 6.00. The summed E-state index contributed by atoms with van der Waals surface area (Å²) < 4.78 is 24.0. The van der Waals surface area contributed by atoms with E-state index in [-0.39, 0.29) is 72.6 Å². The number of benzene rings is 3. The fraction of sp³-hybridized carbons (Fsp3) is 0.536. The number of ether oxygens (including phenoxy) is 1. The topological polar surface area (TPSA) is 289 Å². The zero-order valence-electron chi connectivity index (χ0n) is 54.4. The number of amides is 7. The number of nitrogens with zero attached hydrogens (tertiary/aromatic N) is 12. The third-order valence-electron chi connectivity index (χ3n) is 20.5. The number of hydrogen-bond donors (Lipinski definition) is 4. The Morgan fingerprint density at radius 3 is 1.83 bits per heavy atom. The Balaban J connectivity index is 0.537. The molecule has 26 heteroatoms. The monoisotopic (exact) mass is 1300 g/mol. The molecule has 6 fully saturated rings. The van der Waals surface area contributed by atoms with Gasteiger partial charge in [0.1, 0.15) is 24.7 Å². The molecule has 0 unspecified atom stereocenters. The molecular weight excluding hydrogens is 1220 g/mol. The Kier molecular flexibility index (Phi) is 20.6. The molecule has 7 amide bonds. The largest absolute Gasteiger partial charge is 0.468 e. The number of esters is 1. The smallest absolute Gasteiger partial charge is 0.325 e. The molecule has 95 heavy (non-hydrogen) atoms. The third kappa shape index (κ3) is 15.4. The van der Waals surface area contributed by atoms with Crippen LogP contribution in [0.25, 0.3) is 32.9 Å². The van der Waals surface area contributed by atoms with Crippen LogP contribution in [0, 0.1) is 36.4 Å². The number of nitrogens with one attached hydrogen (secondary N) is 3. The molecule has 12 rings (SSSR count). The second-order valence-electron chi connectivity index (χ2n) is 26.5. The Morgan fingerprint density at radius 2 is 1.22 bits per heavy atom. The second-order valence-corrected chi connectivity index (χ2v) is 26.5. The van der Waals surface area contributed by atoms with Crippen LogP contribution < -0.4 is 26.6 Å². The van der Waals surface area contributed by atoms with Crippen molar-refractivity contribution in [1.82, 2.24) is 64.7 Å².